The number of aromatic nitrogens is 1. The van der Waals surface area contributed by atoms with Crippen molar-refractivity contribution >= 4 is 11.8 Å². The first-order chi connectivity index (χ1) is 32.9. The van der Waals surface area contributed by atoms with E-state index >= 15 is 0 Å². The second-order valence-corrected chi connectivity index (χ2v) is 19.2. The maximum atomic E-state index is 14.7. The Morgan fingerprint density at radius 3 is 2.40 bits per heavy atom. The number of pyridine rings is 1. The molecule has 372 valence electrons. The van der Waals surface area contributed by atoms with E-state index in [-0.39, 0.29) is 43.7 Å². The lowest BCUT2D eigenvalue weighted by atomic mass is 9.55. The van der Waals surface area contributed by atoms with Gasteiger partial charge in [0.05, 0.1) is 37.1 Å². The molecule has 12 nitrogen and oxygen atoms in total. The van der Waals surface area contributed by atoms with E-state index in [1.54, 1.807) is 6.08 Å². The van der Waals surface area contributed by atoms with Crippen LogP contribution in [0.1, 0.15) is 172 Å². The molecule has 6 rings (SSSR count). The highest BCUT2D eigenvalue weighted by Crippen LogP contribution is 2.62. The molecule has 0 bridgehead atoms. The average molecular weight is 930 g/mol. The fraction of sp³-hybridized carbons (Fsp3) is 0.691. The number of oxime groups is 1. The zero-order chi connectivity index (χ0) is 47.3. The summed E-state index contributed by atoms with van der Waals surface area (Å²) < 4.78 is 33.3. The third kappa shape index (κ3) is 14.3. The largest absolute Gasteiger partial charge is 0.487 e. The third-order valence-corrected chi connectivity index (χ3v) is 14.2. The summed E-state index contributed by atoms with van der Waals surface area (Å²) in [6.45, 7) is 12.5. The van der Waals surface area contributed by atoms with Crippen molar-refractivity contribution in [3.63, 3.8) is 0 Å². The molecule has 7 atom stereocenters. The number of aryl methyl sites for hydroxylation is 1. The molecule has 12 heteroatoms. The lowest BCUT2D eigenvalue weighted by Crippen LogP contribution is -2.70. The molecule has 2 aromatic rings. The van der Waals surface area contributed by atoms with Crippen molar-refractivity contribution in [3.8, 4) is 11.5 Å². The molecule has 2 N–H and O–H groups in total. The van der Waals surface area contributed by atoms with Crippen LogP contribution in [0.3, 0.4) is 0 Å². The summed E-state index contributed by atoms with van der Waals surface area (Å²) in [5.41, 5.74) is 4.52. The summed E-state index contributed by atoms with van der Waals surface area (Å²) in [5.74, 6) is -0.372. The molecule has 67 heavy (non-hydrogen) atoms. The number of allylic oxidation sites excluding steroid dienone is 1. The first kappa shape index (κ1) is 52.4. The maximum absolute atomic E-state index is 14.7. The van der Waals surface area contributed by atoms with Crippen LogP contribution in [0, 0.1) is 24.7 Å². The van der Waals surface area contributed by atoms with Gasteiger partial charge in [0.15, 0.2) is 0 Å². The fourth-order valence-electron chi connectivity index (χ4n) is 10.9. The fourth-order valence-corrected chi connectivity index (χ4v) is 10.9. The number of rotatable bonds is 30. The Morgan fingerprint density at radius 2 is 1.70 bits per heavy atom. The van der Waals surface area contributed by atoms with Gasteiger partial charge < -0.3 is 38.7 Å². The molecule has 0 radical (unpaired) electrons. The minimum Gasteiger partial charge on any atom is -0.487 e. The van der Waals surface area contributed by atoms with Crippen LogP contribution in [0.2, 0.25) is 0 Å². The van der Waals surface area contributed by atoms with Crippen molar-refractivity contribution in [1.82, 2.24) is 9.88 Å². The first-order valence-electron chi connectivity index (χ1n) is 26.2. The Kier molecular flexibility index (Phi) is 21.8. The van der Waals surface area contributed by atoms with Crippen LogP contribution in [0.15, 0.2) is 65.9 Å². The zero-order valence-corrected chi connectivity index (χ0v) is 41.2. The summed E-state index contributed by atoms with van der Waals surface area (Å²) in [6, 6.07) is 11.4. The van der Waals surface area contributed by atoms with Crippen LogP contribution in [-0.2, 0) is 25.7 Å². The number of amides is 1. The molecule has 1 amide bonds. The van der Waals surface area contributed by atoms with Gasteiger partial charge in [0.2, 0.25) is 12.1 Å². The summed E-state index contributed by atoms with van der Waals surface area (Å²) >= 11 is 0. The van der Waals surface area contributed by atoms with Crippen molar-refractivity contribution in [2.45, 2.75) is 186 Å². The maximum Gasteiger partial charge on any atom is 0.410 e. The Bertz CT molecular complexity index is 1870. The Hall–Kier alpha value is -3.97. The molecule has 7 unspecified atom stereocenters. The van der Waals surface area contributed by atoms with Gasteiger partial charge >= 0.3 is 6.09 Å². The molecule has 3 heterocycles. The molecule has 1 aromatic carbocycles. The van der Waals surface area contributed by atoms with Gasteiger partial charge in [0, 0.05) is 49.8 Å². The number of aliphatic hydroxyl groups excluding tert-OH is 2. The van der Waals surface area contributed by atoms with Crippen molar-refractivity contribution in [2.75, 3.05) is 39.6 Å². The number of ether oxygens (including phenoxy) is 5. The van der Waals surface area contributed by atoms with E-state index in [0.717, 1.165) is 92.4 Å². The normalized spacial score (nSPS) is 24.8. The van der Waals surface area contributed by atoms with Gasteiger partial charge in [0.1, 0.15) is 24.1 Å². The average Bonchev–Trinajstić information content (AvgIpc) is 3.34. The van der Waals surface area contributed by atoms with Gasteiger partial charge in [-0.1, -0.05) is 108 Å². The van der Waals surface area contributed by atoms with Gasteiger partial charge in [-0.25, -0.2) is 4.79 Å². The Balaban J connectivity index is 1.40. The van der Waals surface area contributed by atoms with Crippen LogP contribution in [0.4, 0.5) is 4.79 Å². The number of carbonyl (C=O) groups excluding carboxylic acids is 1. The second kappa shape index (κ2) is 27.9. The van der Waals surface area contributed by atoms with E-state index < -0.39 is 24.0 Å². The van der Waals surface area contributed by atoms with E-state index in [1.165, 1.54) is 44.9 Å². The zero-order valence-electron chi connectivity index (χ0n) is 41.2. The number of aliphatic hydroxyl groups is 2. The topological polar surface area (TPSA) is 141 Å². The lowest BCUT2D eigenvalue weighted by Gasteiger charge is -2.60. The first-order valence-corrected chi connectivity index (χ1v) is 26.2. The summed E-state index contributed by atoms with van der Waals surface area (Å²) in [6.07, 6.45) is 23.7. The Labute approximate surface area is 401 Å². The van der Waals surface area contributed by atoms with Crippen molar-refractivity contribution in [2.24, 2.45) is 22.9 Å². The minimum absolute atomic E-state index is 0.0903. The van der Waals surface area contributed by atoms with Crippen LogP contribution in [0.25, 0.3) is 0 Å². The molecule has 2 aliphatic heterocycles. The van der Waals surface area contributed by atoms with E-state index in [1.807, 2.05) is 42.2 Å². The number of hydrogen-bond donors (Lipinski definition) is 2. The minimum atomic E-state index is -1.36. The number of fused-ring (bicyclic) bond motifs is 2. The number of carbonyl (C=O) groups is 1. The summed E-state index contributed by atoms with van der Waals surface area (Å²) in [4.78, 5) is 27.5. The molecule has 2 aliphatic carbocycles. The summed E-state index contributed by atoms with van der Waals surface area (Å²) in [7, 11) is 0. The smallest absolute Gasteiger partial charge is 0.410 e. The van der Waals surface area contributed by atoms with Gasteiger partial charge in [-0.2, -0.15) is 0 Å². The van der Waals surface area contributed by atoms with Crippen LogP contribution < -0.4 is 9.47 Å². The van der Waals surface area contributed by atoms with Gasteiger partial charge in [-0.15, -0.1) is 6.58 Å². The molecule has 2 fully saturated rings. The lowest BCUT2D eigenvalue weighted by molar-refractivity contribution is -0.255. The van der Waals surface area contributed by atoms with Crippen molar-refractivity contribution in [3.05, 3.63) is 77.7 Å². The quantitative estimate of drug-likeness (QED) is 0.0442. The van der Waals surface area contributed by atoms with E-state index in [9.17, 15) is 15.0 Å². The number of nitrogens with zero attached hydrogens (tertiary/aromatic N) is 3. The predicted octanol–water partition coefficient (Wildman–Crippen LogP) is 11.9. The molecule has 4 aliphatic rings. The number of unbranched alkanes of at least 4 members (excludes halogenated alkanes) is 11. The third-order valence-electron chi connectivity index (χ3n) is 14.2. The highest BCUT2D eigenvalue weighted by molar-refractivity contribution is 6.03. The molecule has 1 saturated heterocycles. The highest BCUT2D eigenvalue weighted by atomic mass is 16.8. The van der Waals surface area contributed by atoms with Crippen molar-refractivity contribution in [1.29, 1.82) is 0 Å². The Morgan fingerprint density at radius 1 is 0.940 bits per heavy atom. The van der Waals surface area contributed by atoms with E-state index in [2.05, 4.69) is 37.6 Å². The number of hydrogen-bond acceptors (Lipinski definition) is 11. The molecular weight excluding hydrogens is 847 g/mol. The van der Waals surface area contributed by atoms with Gasteiger partial charge in [0.25, 0.3) is 0 Å². The molecular formula is C55H83N3O9. The predicted molar refractivity (Wildman–Crippen MR) is 263 cm³/mol. The highest BCUT2D eigenvalue weighted by Gasteiger charge is 2.65. The van der Waals surface area contributed by atoms with Crippen LogP contribution in [0.5, 0.6) is 11.5 Å². The monoisotopic (exact) mass is 930 g/mol. The second-order valence-electron chi connectivity index (χ2n) is 19.2. The van der Waals surface area contributed by atoms with E-state index in [0.29, 0.717) is 63.5 Å². The van der Waals surface area contributed by atoms with Gasteiger partial charge in [-0.05, 0) is 106 Å². The summed E-state index contributed by atoms with van der Waals surface area (Å²) in [5, 5.41) is 25.0. The van der Waals surface area contributed by atoms with Crippen molar-refractivity contribution < 1.29 is 43.5 Å². The standard InChI is InChI=1S/C55H83N3O9/c1-5-8-9-10-11-12-13-14-15-21-36-63-54(61)58(31-6-2)50-39-48(57-67-51-28-18-22-35-62-51)46-37-42(25-16-19-32-59)45(27-17-20-33-60)52-47-38-44(64-40-43-26-23-24-41(4)56-43)29-30-49(47)66-55(50,53(46)52)65-34-7-3/h7,23-24,26,29-30,37-38,42,45,50-53,59-60H,3,5-6,8-22,25,27-28,31-36,39-40H2,1-2,4H3. The van der Waals surface area contributed by atoms with Gasteiger partial charge in [-0.3, -0.25) is 9.88 Å². The molecule has 1 saturated carbocycles. The van der Waals surface area contributed by atoms with Crippen LogP contribution in [-0.4, -0.2) is 89.6 Å². The molecule has 1 aromatic heterocycles. The molecule has 0 spiro atoms. The van der Waals surface area contributed by atoms with E-state index in [4.69, 9.17) is 33.7 Å². The SMILES string of the molecule is C=CCOC12Oc3ccc(OCc4cccc(C)n4)cc3C3C(CCCCO)C(CCCCO)C=C(C(=NOC4CCCCO4)CC1N(CCC)C(=O)OCCCCCCCCCCCC)C32. The van der Waals surface area contributed by atoms with Crippen LogP contribution >= 0.6 is 0 Å². The number of benzene rings is 1.